The van der Waals surface area contributed by atoms with Crippen molar-refractivity contribution in [3.8, 4) is 12.1 Å². The Morgan fingerprint density at radius 3 is 2.58 bits per heavy atom. The molecule has 19 heavy (non-hydrogen) atoms. The highest BCUT2D eigenvalue weighted by atomic mass is 35.5. The fourth-order valence-electron chi connectivity index (χ4n) is 1.33. The molecule has 0 unspecified atom stereocenters. The summed E-state index contributed by atoms with van der Waals surface area (Å²) in [6.07, 6.45) is 1.30. The first-order chi connectivity index (χ1) is 9.13. The molecule has 1 aromatic heterocycles. The molecular formula is C12H5ClFN5. The van der Waals surface area contributed by atoms with Gasteiger partial charge < -0.3 is 5.32 Å². The fraction of sp³-hybridized carbons (Fsp3) is 0. The fourth-order valence-corrected chi connectivity index (χ4v) is 1.51. The van der Waals surface area contributed by atoms with Crippen LogP contribution in [0, 0.1) is 28.5 Å². The smallest absolute Gasteiger partial charge is 0.179 e. The van der Waals surface area contributed by atoms with Gasteiger partial charge in [0.1, 0.15) is 18.0 Å². The van der Waals surface area contributed by atoms with E-state index < -0.39 is 5.82 Å². The van der Waals surface area contributed by atoms with E-state index in [0.29, 0.717) is 5.69 Å². The van der Waals surface area contributed by atoms with Crippen molar-refractivity contribution in [2.45, 2.75) is 0 Å². The van der Waals surface area contributed by atoms with Crippen LogP contribution >= 0.6 is 11.6 Å². The van der Waals surface area contributed by atoms with E-state index in [-0.39, 0.29) is 22.2 Å². The van der Waals surface area contributed by atoms with Gasteiger partial charge in [0.25, 0.3) is 0 Å². The Morgan fingerprint density at radius 1 is 1.21 bits per heavy atom. The summed E-state index contributed by atoms with van der Waals surface area (Å²) in [5, 5.41) is 20.3. The van der Waals surface area contributed by atoms with E-state index in [1.807, 2.05) is 0 Å². The number of rotatable bonds is 2. The number of halogens is 2. The number of hydrogen-bond donors (Lipinski definition) is 1. The van der Waals surface area contributed by atoms with Crippen LogP contribution < -0.4 is 5.32 Å². The second-order valence-electron chi connectivity index (χ2n) is 3.43. The van der Waals surface area contributed by atoms with Crippen LogP contribution in [0.15, 0.2) is 24.4 Å². The monoisotopic (exact) mass is 273 g/mol. The Kier molecular flexibility index (Phi) is 3.56. The zero-order chi connectivity index (χ0) is 13.8. The molecule has 2 rings (SSSR count). The van der Waals surface area contributed by atoms with Gasteiger partial charge in [-0.05, 0) is 18.2 Å². The number of anilines is 2. The molecule has 1 N–H and O–H groups in total. The second kappa shape index (κ2) is 5.30. The molecule has 0 aliphatic carbocycles. The van der Waals surface area contributed by atoms with Crippen LogP contribution in [0.2, 0.25) is 5.02 Å². The predicted octanol–water partition coefficient (Wildman–Crippen LogP) is 2.76. The minimum atomic E-state index is -0.532. The van der Waals surface area contributed by atoms with Crippen molar-refractivity contribution in [1.29, 1.82) is 10.5 Å². The summed E-state index contributed by atoms with van der Waals surface area (Å²) >= 11 is 5.64. The Bertz CT molecular complexity index is 717. The summed E-state index contributed by atoms with van der Waals surface area (Å²) in [7, 11) is 0. The number of nitrogens with one attached hydrogen (secondary N) is 1. The summed E-state index contributed by atoms with van der Waals surface area (Å²) in [6, 6.07) is 7.58. The van der Waals surface area contributed by atoms with Crippen molar-refractivity contribution < 1.29 is 4.39 Å². The van der Waals surface area contributed by atoms with Crippen LogP contribution in [0.25, 0.3) is 0 Å². The molecule has 0 atom stereocenters. The minimum absolute atomic E-state index is 0.0351. The highest BCUT2D eigenvalue weighted by molar-refractivity contribution is 6.31. The maximum atomic E-state index is 13.0. The van der Waals surface area contributed by atoms with Gasteiger partial charge >= 0.3 is 0 Å². The van der Waals surface area contributed by atoms with Crippen LogP contribution in [0.1, 0.15) is 11.4 Å². The molecule has 7 heteroatoms. The van der Waals surface area contributed by atoms with E-state index in [1.165, 1.54) is 24.4 Å². The first-order valence-corrected chi connectivity index (χ1v) is 5.41. The van der Waals surface area contributed by atoms with Crippen molar-refractivity contribution >= 4 is 23.1 Å². The van der Waals surface area contributed by atoms with E-state index in [0.717, 1.165) is 0 Å². The summed E-state index contributed by atoms with van der Waals surface area (Å²) < 4.78 is 13.0. The molecule has 0 spiro atoms. The minimum Gasteiger partial charge on any atom is -0.339 e. The lowest BCUT2D eigenvalue weighted by atomic mass is 10.3. The predicted molar refractivity (Wildman–Crippen MR) is 66.2 cm³/mol. The molecule has 92 valence electrons. The van der Waals surface area contributed by atoms with Crippen molar-refractivity contribution in [2.75, 3.05) is 5.32 Å². The molecule has 0 bridgehead atoms. The number of benzene rings is 1. The van der Waals surface area contributed by atoms with Gasteiger partial charge in [0.15, 0.2) is 17.2 Å². The van der Waals surface area contributed by atoms with E-state index in [9.17, 15) is 4.39 Å². The van der Waals surface area contributed by atoms with E-state index >= 15 is 0 Å². The van der Waals surface area contributed by atoms with Gasteiger partial charge in [0.05, 0.1) is 11.2 Å². The Labute approximate surface area is 112 Å². The Morgan fingerprint density at radius 2 is 1.95 bits per heavy atom. The van der Waals surface area contributed by atoms with Crippen molar-refractivity contribution in [3.05, 3.63) is 46.6 Å². The molecule has 0 radical (unpaired) electrons. The van der Waals surface area contributed by atoms with Crippen LogP contribution in [-0.4, -0.2) is 9.97 Å². The number of aromatic nitrogens is 2. The third kappa shape index (κ3) is 2.76. The first-order valence-electron chi connectivity index (χ1n) is 5.03. The second-order valence-corrected chi connectivity index (χ2v) is 3.84. The molecule has 0 aliphatic rings. The van der Waals surface area contributed by atoms with Crippen LogP contribution in [-0.2, 0) is 0 Å². The normalized spacial score (nSPS) is 9.47. The average molecular weight is 274 g/mol. The molecule has 0 saturated heterocycles. The van der Waals surface area contributed by atoms with Crippen LogP contribution in [0.4, 0.5) is 15.9 Å². The van der Waals surface area contributed by atoms with Gasteiger partial charge in [-0.2, -0.15) is 10.5 Å². The van der Waals surface area contributed by atoms with Crippen molar-refractivity contribution in [2.24, 2.45) is 0 Å². The molecule has 0 fully saturated rings. The van der Waals surface area contributed by atoms with Gasteiger partial charge in [-0.25, -0.2) is 14.4 Å². The number of nitriles is 2. The van der Waals surface area contributed by atoms with E-state index in [4.69, 9.17) is 22.1 Å². The SMILES string of the molecule is N#Cc1ncc(Nc2ccc(F)c(Cl)c2)nc1C#N. The molecule has 1 heterocycles. The molecule has 0 amide bonds. The Balaban J connectivity index is 2.32. The van der Waals surface area contributed by atoms with Crippen molar-refractivity contribution in [1.82, 2.24) is 9.97 Å². The highest BCUT2D eigenvalue weighted by Gasteiger charge is 2.07. The lowest BCUT2D eigenvalue weighted by molar-refractivity contribution is 0.628. The van der Waals surface area contributed by atoms with Gasteiger partial charge in [-0.3, -0.25) is 0 Å². The maximum absolute atomic E-state index is 13.0. The van der Waals surface area contributed by atoms with Crippen LogP contribution in [0.3, 0.4) is 0 Å². The maximum Gasteiger partial charge on any atom is 0.179 e. The number of hydrogen-bond acceptors (Lipinski definition) is 5. The standard InChI is InChI=1S/C12H5ClFN5/c13-8-3-7(1-2-9(8)14)18-12-6-17-10(4-15)11(5-16)19-12/h1-3,6H,(H,18,19). The molecule has 1 aromatic carbocycles. The third-order valence-corrected chi connectivity index (χ3v) is 2.47. The molecular weight excluding hydrogens is 269 g/mol. The lowest BCUT2D eigenvalue weighted by Gasteiger charge is -2.06. The molecule has 5 nitrogen and oxygen atoms in total. The van der Waals surface area contributed by atoms with Crippen molar-refractivity contribution in [3.63, 3.8) is 0 Å². The molecule has 0 saturated carbocycles. The number of nitrogens with zero attached hydrogens (tertiary/aromatic N) is 4. The van der Waals surface area contributed by atoms with E-state index in [1.54, 1.807) is 12.1 Å². The summed E-state index contributed by atoms with van der Waals surface area (Å²) in [5.74, 6) is -0.269. The summed E-state index contributed by atoms with van der Waals surface area (Å²) in [5.41, 5.74) is 0.361. The van der Waals surface area contributed by atoms with Gasteiger partial charge in [0.2, 0.25) is 0 Å². The highest BCUT2D eigenvalue weighted by Crippen LogP contribution is 2.21. The third-order valence-electron chi connectivity index (χ3n) is 2.18. The zero-order valence-corrected chi connectivity index (χ0v) is 10.1. The summed E-state index contributed by atoms with van der Waals surface area (Å²) in [4.78, 5) is 7.70. The van der Waals surface area contributed by atoms with Gasteiger partial charge in [0, 0.05) is 5.69 Å². The largest absolute Gasteiger partial charge is 0.339 e. The topological polar surface area (TPSA) is 85.4 Å². The zero-order valence-electron chi connectivity index (χ0n) is 9.35. The first kappa shape index (κ1) is 12.7. The quantitative estimate of drug-likeness (QED) is 0.909. The average Bonchev–Trinajstić information content (AvgIpc) is 2.43. The summed E-state index contributed by atoms with van der Waals surface area (Å²) in [6.45, 7) is 0. The van der Waals surface area contributed by atoms with Crippen LogP contribution in [0.5, 0.6) is 0 Å². The van der Waals surface area contributed by atoms with Gasteiger partial charge in [-0.15, -0.1) is 0 Å². The molecule has 2 aromatic rings. The Hall–Kier alpha value is -2.70. The molecule has 0 aliphatic heterocycles. The lowest BCUT2D eigenvalue weighted by Crippen LogP contribution is -2.00. The van der Waals surface area contributed by atoms with E-state index in [2.05, 4.69) is 15.3 Å². The van der Waals surface area contributed by atoms with Gasteiger partial charge in [-0.1, -0.05) is 11.6 Å².